The molecule has 0 saturated carbocycles. The molecule has 0 aliphatic carbocycles. The van der Waals surface area contributed by atoms with Gasteiger partial charge < -0.3 is 9.47 Å². The van der Waals surface area contributed by atoms with Crippen molar-refractivity contribution in [2.75, 3.05) is 14.2 Å². The number of ether oxygens (including phenoxy) is 2. The number of aryl methyl sites for hydroxylation is 1. The predicted octanol–water partition coefficient (Wildman–Crippen LogP) is 3.59. The molecule has 6 nitrogen and oxygen atoms in total. The molecule has 0 unspecified atom stereocenters. The van der Waals surface area contributed by atoms with E-state index in [2.05, 4.69) is 0 Å². The number of benzene rings is 2. The molecule has 4 aromatic rings. The quantitative estimate of drug-likeness (QED) is 0.506. The Hall–Kier alpha value is -3.32. The lowest BCUT2D eigenvalue weighted by molar-refractivity contribution is 0.394. The number of hydrogen-bond donors (Lipinski definition) is 0. The molecule has 0 radical (unpaired) electrons. The van der Waals surface area contributed by atoms with Gasteiger partial charge in [-0.05, 0) is 23.9 Å². The minimum absolute atomic E-state index is 0.351. The first-order chi connectivity index (χ1) is 14.0. The molecule has 2 heterocycles. The summed E-state index contributed by atoms with van der Waals surface area (Å²) in [4.78, 5) is 26.6. The van der Waals surface area contributed by atoms with Crippen LogP contribution in [0.3, 0.4) is 0 Å². The predicted molar refractivity (Wildman–Crippen MR) is 115 cm³/mol. The van der Waals surface area contributed by atoms with Crippen LogP contribution in [0.2, 0.25) is 0 Å². The third-order valence-corrected chi connectivity index (χ3v) is 5.70. The van der Waals surface area contributed by atoms with E-state index < -0.39 is 5.69 Å². The summed E-state index contributed by atoms with van der Waals surface area (Å²) in [6.45, 7) is 2.39. The van der Waals surface area contributed by atoms with Crippen molar-refractivity contribution < 1.29 is 9.47 Å². The molecule has 0 N–H and O–H groups in total. The first kappa shape index (κ1) is 19.0. The van der Waals surface area contributed by atoms with Crippen molar-refractivity contribution in [3.63, 3.8) is 0 Å². The minimum atomic E-state index is -0.406. The SMILES string of the molecule is COc1cc(OC)cc(-n2c(=O)c3sccc3n(Cc3ccc(C)cc3)c2=O)c1. The van der Waals surface area contributed by atoms with E-state index in [0.717, 1.165) is 11.1 Å². The molecule has 0 saturated heterocycles. The Morgan fingerprint density at radius 2 is 1.59 bits per heavy atom. The van der Waals surface area contributed by atoms with Gasteiger partial charge in [-0.2, -0.15) is 0 Å². The van der Waals surface area contributed by atoms with Gasteiger partial charge in [0.05, 0.1) is 32.0 Å². The monoisotopic (exact) mass is 408 g/mol. The van der Waals surface area contributed by atoms with E-state index in [0.29, 0.717) is 33.9 Å². The van der Waals surface area contributed by atoms with Crippen LogP contribution in [-0.2, 0) is 6.54 Å². The number of thiophene rings is 1. The number of methoxy groups -OCH3 is 2. The fourth-order valence-corrected chi connectivity index (χ4v) is 4.09. The van der Waals surface area contributed by atoms with Crippen LogP contribution in [0.25, 0.3) is 15.9 Å². The van der Waals surface area contributed by atoms with Crippen LogP contribution in [0, 0.1) is 6.92 Å². The summed E-state index contributed by atoms with van der Waals surface area (Å²) in [6.07, 6.45) is 0. The van der Waals surface area contributed by atoms with Crippen molar-refractivity contribution in [1.29, 1.82) is 0 Å². The van der Waals surface area contributed by atoms with Crippen LogP contribution in [0.5, 0.6) is 11.5 Å². The van der Waals surface area contributed by atoms with Crippen molar-refractivity contribution >= 4 is 21.6 Å². The Labute approximate surface area is 171 Å². The van der Waals surface area contributed by atoms with Gasteiger partial charge in [0.15, 0.2) is 0 Å². The standard InChI is InChI=1S/C22H20N2O4S/c1-14-4-6-15(7-5-14)13-23-19-8-9-29-20(19)21(25)24(22(23)26)16-10-17(27-2)12-18(11-16)28-3/h4-12H,13H2,1-3H3. The first-order valence-electron chi connectivity index (χ1n) is 9.04. The molecule has 29 heavy (non-hydrogen) atoms. The van der Waals surface area contributed by atoms with Gasteiger partial charge in [0.1, 0.15) is 16.2 Å². The van der Waals surface area contributed by atoms with E-state index in [9.17, 15) is 9.59 Å². The Morgan fingerprint density at radius 1 is 0.931 bits per heavy atom. The average molecular weight is 408 g/mol. The number of hydrogen-bond acceptors (Lipinski definition) is 5. The molecule has 0 spiro atoms. The van der Waals surface area contributed by atoms with Crippen LogP contribution >= 0.6 is 11.3 Å². The lowest BCUT2D eigenvalue weighted by atomic mass is 10.1. The molecule has 0 aliphatic heterocycles. The van der Waals surface area contributed by atoms with Crippen molar-refractivity contribution in [3.05, 3.63) is 85.9 Å². The second-order valence-electron chi connectivity index (χ2n) is 6.70. The van der Waals surface area contributed by atoms with E-state index in [4.69, 9.17) is 9.47 Å². The second kappa shape index (κ2) is 7.60. The van der Waals surface area contributed by atoms with E-state index in [1.54, 1.807) is 22.8 Å². The summed E-state index contributed by atoms with van der Waals surface area (Å²) < 4.78 is 13.9. The van der Waals surface area contributed by atoms with Crippen LogP contribution < -0.4 is 20.7 Å². The molecule has 4 rings (SSSR count). The van der Waals surface area contributed by atoms with E-state index in [1.807, 2.05) is 42.6 Å². The van der Waals surface area contributed by atoms with Gasteiger partial charge in [-0.3, -0.25) is 9.36 Å². The third kappa shape index (κ3) is 3.45. The van der Waals surface area contributed by atoms with Crippen molar-refractivity contribution in [1.82, 2.24) is 9.13 Å². The zero-order valence-corrected chi connectivity index (χ0v) is 17.2. The van der Waals surface area contributed by atoms with Crippen LogP contribution in [0.15, 0.2) is 63.5 Å². The Balaban J connectivity index is 1.97. The van der Waals surface area contributed by atoms with Crippen LogP contribution in [-0.4, -0.2) is 23.4 Å². The number of nitrogens with zero attached hydrogens (tertiary/aromatic N) is 2. The fraction of sp³-hybridized carbons (Fsp3) is 0.182. The topological polar surface area (TPSA) is 62.5 Å². The van der Waals surface area contributed by atoms with Gasteiger partial charge >= 0.3 is 5.69 Å². The molecule has 0 atom stereocenters. The maximum atomic E-state index is 13.4. The molecular formula is C22H20N2O4S. The van der Waals surface area contributed by atoms with Crippen LogP contribution in [0.4, 0.5) is 0 Å². The second-order valence-corrected chi connectivity index (χ2v) is 7.62. The van der Waals surface area contributed by atoms with Gasteiger partial charge in [0.25, 0.3) is 5.56 Å². The summed E-state index contributed by atoms with van der Waals surface area (Å²) in [5.74, 6) is 1.00. The summed E-state index contributed by atoms with van der Waals surface area (Å²) >= 11 is 1.32. The Bertz CT molecular complexity index is 1280. The lowest BCUT2D eigenvalue weighted by Crippen LogP contribution is -2.38. The molecule has 148 valence electrons. The maximum Gasteiger partial charge on any atom is 0.336 e. The summed E-state index contributed by atoms with van der Waals surface area (Å²) in [6, 6.07) is 14.8. The molecule has 0 aliphatic rings. The zero-order valence-electron chi connectivity index (χ0n) is 16.3. The fourth-order valence-electron chi connectivity index (χ4n) is 3.27. The molecule has 7 heteroatoms. The van der Waals surface area contributed by atoms with E-state index in [1.165, 1.54) is 30.1 Å². The van der Waals surface area contributed by atoms with Gasteiger partial charge in [-0.25, -0.2) is 9.36 Å². The molecular weight excluding hydrogens is 388 g/mol. The first-order valence-corrected chi connectivity index (χ1v) is 9.92. The molecule has 0 amide bonds. The van der Waals surface area contributed by atoms with Gasteiger partial charge in [0, 0.05) is 18.2 Å². The van der Waals surface area contributed by atoms with Gasteiger partial charge in [-0.15, -0.1) is 11.3 Å². The highest BCUT2D eigenvalue weighted by atomic mass is 32.1. The number of rotatable bonds is 5. The van der Waals surface area contributed by atoms with Crippen molar-refractivity contribution in [3.8, 4) is 17.2 Å². The maximum absolute atomic E-state index is 13.4. The molecule has 2 aromatic carbocycles. The summed E-state index contributed by atoms with van der Waals surface area (Å²) in [7, 11) is 3.05. The van der Waals surface area contributed by atoms with Crippen LogP contribution in [0.1, 0.15) is 11.1 Å². The zero-order chi connectivity index (χ0) is 20.5. The molecule has 0 fully saturated rings. The number of fused-ring (bicyclic) bond motifs is 1. The normalized spacial score (nSPS) is 11.0. The Kier molecular flexibility index (Phi) is 4.98. The minimum Gasteiger partial charge on any atom is -0.497 e. The molecule has 0 bridgehead atoms. The van der Waals surface area contributed by atoms with E-state index in [-0.39, 0.29) is 5.56 Å². The summed E-state index contributed by atoms with van der Waals surface area (Å²) in [5.41, 5.74) is 2.42. The highest BCUT2D eigenvalue weighted by molar-refractivity contribution is 7.17. The lowest BCUT2D eigenvalue weighted by Gasteiger charge is -2.14. The highest BCUT2D eigenvalue weighted by Gasteiger charge is 2.17. The van der Waals surface area contributed by atoms with Crippen molar-refractivity contribution in [2.45, 2.75) is 13.5 Å². The van der Waals surface area contributed by atoms with E-state index >= 15 is 0 Å². The highest BCUT2D eigenvalue weighted by Crippen LogP contribution is 2.25. The average Bonchev–Trinajstić information content (AvgIpc) is 3.22. The van der Waals surface area contributed by atoms with Gasteiger partial charge in [-0.1, -0.05) is 29.8 Å². The molecule has 2 aromatic heterocycles. The van der Waals surface area contributed by atoms with Crippen molar-refractivity contribution in [2.24, 2.45) is 0 Å². The largest absolute Gasteiger partial charge is 0.497 e. The smallest absolute Gasteiger partial charge is 0.336 e. The van der Waals surface area contributed by atoms with Gasteiger partial charge in [0.2, 0.25) is 0 Å². The third-order valence-electron chi connectivity index (χ3n) is 4.81. The number of aromatic nitrogens is 2. The Morgan fingerprint density at radius 3 is 2.21 bits per heavy atom. The summed E-state index contributed by atoms with van der Waals surface area (Å²) in [5, 5.41) is 1.83.